The summed E-state index contributed by atoms with van der Waals surface area (Å²) in [5, 5.41) is 25.2. The van der Waals surface area contributed by atoms with E-state index in [2.05, 4.69) is 20.9 Å². The molecule has 7 rings (SSSR count). The SMILES string of the molecule is C[C@H]1[C@H]([Si](C)(C)F)[C@@H](CCn2cc(C(CO)c3ccccc3)nn2)O[C@]12C(=O)N(Cc1ccccc1)c1ccc(NC(=O)[C@H]3CCCN3)cc12. The van der Waals surface area contributed by atoms with E-state index in [1.165, 1.54) is 0 Å². The van der Waals surface area contributed by atoms with Crippen LogP contribution in [0, 0.1) is 5.92 Å². The number of amides is 2. The van der Waals surface area contributed by atoms with Gasteiger partial charge in [-0.2, -0.15) is 0 Å². The summed E-state index contributed by atoms with van der Waals surface area (Å²) < 4.78 is 25.2. The number of aliphatic hydroxyl groups excluding tert-OH is 1. The fourth-order valence-corrected chi connectivity index (χ4v) is 10.9. The summed E-state index contributed by atoms with van der Waals surface area (Å²) in [5.74, 6) is -1.12. The lowest BCUT2D eigenvalue weighted by Crippen LogP contribution is -2.45. The molecule has 2 saturated heterocycles. The number of halogens is 1. The van der Waals surface area contributed by atoms with Crippen LogP contribution < -0.4 is 15.5 Å². The van der Waals surface area contributed by atoms with Crippen LogP contribution in [-0.4, -0.2) is 65.6 Å². The van der Waals surface area contributed by atoms with Gasteiger partial charge < -0.3 is 29.5 Å². The van der Waals surface area contributed by atoms with Crippen molar-refractivity contribution < 1.29 is 23.5 Å². The third-order valence-electron chi connectivity index (χ3n) is 10.7. The van der Waals surface area contributed by atoms with E-state index in [0.29, 0.717) is 42.1 Å². The van der Waals surface area contributed by atoms with Gasteiger partial charge in [0, 0.05) is 35.5 Å². The van der Waals surface area contributed by atoms with Crippen molar-refractivity contribution >= 4 is 31.6 Å². The molecular formula is C38H45FN6O4Si. The Bertz CT molecular complexity index is 1830. The van der Waals surface area contributed by atoms with Crippen LogP contribution >= 0.6 is 0 Å². The number of anilines is 2. The lowest BCUT2D eigenvalue weighted by atomic mass is 9.82. The smallest absolute Gasteiger partial charge is 0.264 e. The molecule has 3 aliphatic heterocycles. The normalized spacial score (nSPS) is 25.3. The number of hydrogen-bond acceptors (Lipinski definition) is 7. The molecule has 0 saturated carbocycles. The second-order valence-electron chi connectivity index (χ2n) is 14.4. The minimum Gasteiger partial charge on any atom is -0.395 e. The molecule has 10 nitrogen and oxygen atoms in total. The first-order valence-electron chi connectivity index (χ1n) is 17.6. The molecule has 3 aliphatic rings. The number of nitrogens with zero attached hydrogens (tertiary/aromatic N) is 4. The van der Waals surface area contributed by atoms with E-state index in [1.54, 1.807) is 22.7 Å². The lowest BCUT2D eigenvalue weighted by Gasteiger charge is -2.31. The van der Waals surface area contributed by atoms with Gasteiger partial charge in [-0.15, -0.1) is 5.10 Å². The van der Waals surface area contributed by atoms with E-state index in [-0.39, 0.29) is 30.4 Å². The Labute approximate surface area is 293 Å². The van der Waals surface area contributed by atoms with Crippen molar-refractivity contribution in [3.63, 3.8) is 0 Å². The summed E-state index contributed by atoms with van der Waals surface area (Å²) in [6.07, 6.45) is 3.38. The summed E-state index contributed by atoms with van der Waals surface area (Å²) in [5.41, 5.74) is 2.58. The summed E-state index contributed by atoms with van der Waals surface area (Å²) in [4.78, 5) is 29.7. The van der Waals surface area contributed by atoms with Crippen molar-refractivity contribution in [3.05, 3.63) is 107 Å². The number of rotatable bonds is 11. The molecule has 4 heterocycles. The van der Waals surface area contributed by atoms with Gasteiger partial charge in [0.05, 0.1) is 42.6 Å². The second kappa shape index (κ2) is 13.8. The highest BCUT2D eigenvalue weighted by Gasteiger charge is 2.66. The molecular weight excluding hydrogens is 652 g/mol. The van der Waals surface area contributed by atoms with Crippen molar-refractivity contribution in [1.82, 2.24) is 20.3 Å². The minimum atomic E-state index is -3.40. The van der Waals surface area contributed by atoms with Crippen LogP contribution in [0.3, 0.4) is 0 Å². The Kier molecular flexibility index (Phi) is 9.46. The number of hydrogen-bond donors (Lipinski definition) is 3. The molecule has 0 aliphatic carbocycles. The van der Waals surface area contributed by atoms with Gasteiger partial charge in [-0.25, -0.2) is 0 Å². The summed E-state index contributed by atoms with van der Waals surface area (Å²) in [6, 6.07) is 24.8. The number of aliphatic hydroxyl groups is 1. The number of carbonyl (C=O) groups is 2. The van der Waals surface area contributed by atoms with Gasteiger partial charge in [-0.05, 0) is 68.2 Å². The number of aryl methyl sites for hydroxylation is 1. The number of nitrogens with one attached hydrogen (secondary N) is 2. The summed E-state index contributed by atoms with van der Waals surface area (Å²) in [6.45, 7) is 6.75. The molecule has 3 N–H and O–H groups in total. The first-order chi connectivity index (χ1) is 24.1. The van der Waals surface area contributed by atoms with Gasteiger partial charge in [0.1, 0.15) is 0 Å². The standard InChI is InChI=1S/C38H45FN6O4Si/c1-25-35(50(2,3)39)34(18-20-44-23-32(42-43-44)29(24-46)27-13-8-5-9-14-27)49-38(25)30-21-28(41-36(47)31-15-10-19-40-31)16-17-33(30)45(37(38)48)22-26-11-6-4-7-12-26/h4-9,11-14,16-17,21,23,25,29,31,34-35,40,46H,10,15,18-20,22,24H2,1-3H3,(H,41,47)/t25-,29?,31+,34+,35-,38+/m0/s1. The predicted octanol–water partition coefficient (Wildman–Crippen LogP) is 5.50. The highest BCUT2D eigenvalue weighted by Crippen LogP contribution is 2.60. The molecule has 1 unspecified atom stereocenters. The van der Waals surface area contributed by atoms with Crippen LogP contribution in [-0.2, 0) is 33.0 Å². The largest absolute Gasteiger partial charge is 0.395 e. The van der Waals surface area contributed by atoms with Crippen LogP contribution in [0.25, 0.3) is 0 Å². The zero-order valence-corrected chi connectivity index (χ0v) is 29.8. The van der Waals surface area contributed by atoms with Gasteiger partial charge in [-0.3, -0.25) is 14.3 Å². The average Bonchev–Trinajstić information content (AvgIpc) is 3.90. The van der Waals surface area contributed by atoms with Crippen molar-refractivity contribution in [2.75, 3.05) is 23.4 Å². The summed E-state index contributed by atoms with van der Waals surface area (Å²) in [7, 11) is -3.40. The Morgan fingerprint density at radius 2 is 1.88 bits per heavy atom. The molecule has 6 atom stereocenters. The van der Waals surface area contributed by atoms with E-state index in [4.69, 9.17) is 4.74 Å². The molecule has 50 heavy (non-hydrogen) atoms. The Hall–Kier alpha value is -4.23. The first-order valence-corrected chi connectivity index (χ1v) is 20.5. The molecule has 2 amide bonds. The van der Waals surface area contributed by atoms with Gasteiger partial charge in [0.2, 0.25) is 14.3 Å². The number of aromatic nitrogens is 3. The number of carbonyl (C=O) groups excluding carboxylic acids is 2. The zero-order valence-electron chi connectivity index (χ0n) is 28.8. The van der Waals surface area contributed by atoms with Crippen LogP contribution in [0.2, 0.25) is 18.6 Å². The number of benzene rings is 3. The average molecular weight is 697 g/mol. The third-order valence-corrected chi connectivity index (χ3v) is 13.2. The van der Waals surface area contributed by atoms with Crippen LogP contribution in [0.4, 0.5) is 15.5 Å². The maximum Gasteiger partial charge on any atom is 0.264 e. The Balaban J connectivity index is 1.20. The Morgan fingerprint density at radius 1 is 1.14 bits per heavy atom. The fraction of sp³-hybridized carbons (Fsp3) is 0.421. The molecule has 0 radical (unpaired) electrons. The minimum absolute atomic E-state index is 0.112. The van der Waals surface area contributed by atoms with Crippen LogP contribution in [0.5, 0.6) is 0 Å². The molecule has 262 valence electrons. The number of fused-ring (bicyclic) bond motifs is 2. The molecule has 1 aromatic heterocycles. The fourth-order valence-electron chi connectivity index (χ4n) is 8.35. The summed E-state index contributed by atoms with van der Waals surface area (Å²) >= 11 is 0. The molecule has 0 bridgehead atoms. The van der Waals surface area contributed by atoms with Crippen molar-refractivity contribution in [2.24, 2.45) is 5.92 Å². The van der Waals surface area contributed by atoms with Crippen molar-refractivity contribution in [1.29, 1.82) is 0 Å². The Morgan fingerprint density at radius 3 is 2.56 bits per heavy atom. The van der Waals surface area contributed by atoms with Gasteiger partial charge >= 0.3 is 0 Å². The van der Waals surface area contributed by atoms with E-state index in [0.717, 1.165) is 30.5 Å². The van der Waals surface area contributed by atoms with Gasteiger partial charge in [0.25, 0.3) is 5.91 Å². The molecule has 2 fully saturated rings. The van der Waals surface area contributed by atoms with E-state index < -0.39 is 31.6 Å². The van der Waals surface area contributed by atoms with Crippen molar-refractivity contribution in [3.8, 4) is 0 Å². The van der Waals surface area contributed by atoms with Crippen LogP contribution in [0.1, 0.15) is 54.5 Å². The van der Waals surface area contributed by atoms with Crippen LogP contribution in [0.15, 0.2) is 85.1 Å². The number of ether oxygens (including phenoxy) is 1. The lowest BCUT2D eigenvalue weighted by molar-refractivity contribution is -0.146. The quantitative estimate of drug-likeness (QED) is 0.140. The molecule has 12 heteroatoms. The monoisotopic (exact) mass is 696 g/mol. The highest BCUT2D eigenvalue weighted by atomic mass is 28.4. The van der Waals surface area contributed by atoms with E-state index >= 15 is 4.11 Å². The third kappa shape index (κ3) is 6.30. The molecule has 4 aromatic rings. The maximum atomic E-state index is 16.5. The highest BCUT2D eigenvalue weighted by molar-refractivity contribution is 6.72. The molecule has 1 spiro atoms. The van der Waals surface area contributed by atoms with E-state index in [9.17, 15) is 14.7 Å². The van der Waals surface area contributed by atoms with Gasteiger partial charge in [0.15, 0.2) is 5.60 Å². The first kappa shape index (κ1) is 34.2. The van der Waals surface area contributed by atoms with Gasteiger partial charge in [-0.1, -0.05) is 72.8 Å². The zero-order chi connectivity index (χ0) is 35.0. The molecule has 3 aromatic carbocycles. The topological polar surface area (TPSA) is 122 Å². The maximum absolute atomic E-state index is 16.5. The van der Waals surface area contributed by atoms with E-state index in [1.807, 2.05) is 92.0 Å². The van der Waals surface area contributed by atoms with Crippen molar-refractivity contribution in [2.45, 2.75) is 81.6 Å². The predicted molar refractivity (Wildman–Crippen MR) is 192 cm³/mol. The second-order valence-corrected chi connectivity index (χ2v) is 18.2.